The lowest BCUT2D eigenvalue weighted by atomic mass is 10.0. The molecular formula is C23H21FN2O7S. The van der Waals surface area contributed by atoms with Crippen LogP contribution in [-0.4, -0.2) is 36.8 Å². The van der Waals surface area contributed by atoms with Crippen molar-refractivity contribution in [2.75, 3.05) is 17.4 Å². The number of aromatic carboxylic acids is 1. The Labute approximate surface area is 194 Å². The maximum atomic E-state index is 13.4. The molecule has 0 aliphatic rings. The van der Waals surface area contributed by atoms with Crippen molar-refractivity contribution in [3.8, 4) is 17.1 Å². The number of rotatable bonds is 8. The number of fused-ring (bicyclic) bond motifs is 1. The van der Waals surface area contributed by atoms with Gasteiger partial charge in [-0.1, -0.05) is 5.16 Å². The summed E-state index contributed by atoms with van der Waals surface area (Å²) in [6.07, 6.45) is 1.07. The summed E-state index contributed by atoms with van der Waals surface area (Å²) in [5.74, 6) is -1.27. The van der Waals surface area contributed by atoms with Crippen LogP contribution in [0.3, 0.4) is 0 Å². The smallest absolute Gasteiger partial charge is 0.340 e. The molecule has 0 unspecified atom stereocenters. The van der Waals surface area contributed by atoms with Gasteiger partial charge in [-0.2, -0.15) is 0 Å². The second-order valence-electron chi connectivity index (χ2n) is 7.80. The van der Waals surface area contributed by atoms with Crippen LogP contribution in [0.25, 0.3) is 22.3 Å². The van der Waals surface area contributed by atoms with Crippen LogP contribution in [0.2, 0.25) is 0 Å². The number of anilines is 1. The van der Waals surface area contributed by atoms with Crippen molar-refractivity contribution in [1.82, 2.24) is 5.16 Å². The van der Waals surface area contributed by atoms with E-state index >= 15 is 0 Å². The Morgan fingerprint density at radius 2 is 1.91 bits per heavy atom. The predicted molar refractivity (Wildman–Crippen MR) is 122 cm³/mol. The third-order valence-corrected chi connectivity index (χ3v) is 5.86. The van der Waals surface area contributed by atoms with Crippen LogP contribution in [0.15, 0.2) is 45.3 Å². The summed E-state index contributed by atoms with van der Waals surface area (Å²) in [7, 11) is -3.38. The molecule has 0 fully saturated rings. The zero-order chi connectivity index (χ0) is 24.6. The standard InChI is InChI=1S/C23H21FN2O7S/c1-12-17(13(2)33-26-12)10-31-20-8-16-19(9-18(20)25-11-34(3,29)30)32-22(21(16)23(27)28)14-4-6-15(24)7-5-14/h4-9,25H,10-11H2,1-3H3,(H,27,28). The number of sulfone groups is 1. The Morgan fingerprint density at radius 1 is 1.21 bits per heavy atom. The highest BCUT2D eigenvalue weighted by molar-refractivity contribution is 7.90. The Kier molecular flexibility index (Phi) is 6.05. The van der Waals surface area contributed by atoms with E-state index < -0.39 is 21.6 Å². The topological polar surface area (TPSA) is 132 Å². The van der Waals surface area contributed by atoms with Crippen molar-refractivity contribution >= 4 is 32.5 Å². The molecule has 2 heterocycles. The molecule has 2 aromatic carbocycles. The van der Waals surface area contributed by atoms with Gasteiger partial charge in [-0.3, -0.25) is 0 Å². The molecule has 0 atom stereocenters. The first-order chi connectivity index (χ1) is 16.0. The Morgan fingerprint density at radius 3 is 2.50 bits per heavy atom. The van der Waals surface area contributed by atoms with Crippen molar-refractivity contribution in [2.45, 2.75) is 20.5 Å². The Hall–Kier alpha value is -3.86. The fraction of sp³-hybridized carbons (Fsp3) is 0.217. The highest BCUT2D eigenvalue weighted by Crippen LogP contribution is 2.39. The SMILES string of the molecule is Cc1noc(C)c1COc1cc2c(C(=O)O)c(-c3ccc(F)cc3)oc2cc1NCS(C)(=O)=O. The number of hydrogen-bond donors (Lipinski definition) is 2. The van der Waals surface area contributed by atoms with E-state index in [0.717, 1.165) is 6.26 Å². The van der Waals surface area contributed by atoms with E-state index in [2.05, 4.69) is 10.5 Å². The fourth-order valence-electron chi connectivity index (χ4n) is 3.46. The van der Waals surface area contributed by atoms with Crippen LogP contribution in [-0.2, 0) is 16.4 Å². The normalized spacial score (nSPS) is 11.6. The largest absolute Gasteiger partial charge is 0.487 e. The van der Waals surface area contributed by atoms with Crippen molar-refractivity contribution < 1.29 is 36.4 Å². The van der Waals surface area contributed by atoms with Gasteiger partial charge in [0.2, 0.25) is 0 Å². The Balaban J connectivity index is 1.84. The number of furan rings is 1. The number of benzene rings is 2. The first-order valence-electron chi connectivity index (χ1n) is 10.1. The summed E-state index contributed by atoms with van der Waals surface area (Å²) < 4.78 is 53.7. The zero-order valence-electron chi connectivity index (χ0n) is 18.5. The van der Waals surface area contributed by atoms with Gasteiger partial charge in [-0.05, 0) is 44.2 Å². The average Bonchev–Trinajstić information content (AvgIpc) is 3.29. The van der Waals surface area contributed by atoms with Crippen LogP contribution in [0.1, 0.15) is 27.4 Å². The molecule has 11 heteroatoms. The number of aryl methyl sites for hydroxylation is 2. The van der Waals surface area contributed by atoms with Gasteiger partial charge in [0, 0.05) is 23.3 Å². The summed E-state index contributed by atoms with van der Waals surface area (Å²) in [4.78, 5) is 12.1. The minimum absolute atomic E-state index is 0.0411. The lowest BCUT2D eigenvalue weighted by Crippen LogP contribution is -2.13. The second kappa shape index (κ2) is 8.82. The minimum atomic E-state index is -3.38. The molecule has 0 saturated heterocycles. The summed E-state index contributed by atoms with van der Waals surface area (Å²) in [5.41, 5.74) is 2.08. The third kappa shape index (κ3) is 4.74. The summed E-state index contributed by atoms with van der Waals surface area (Å²) in [6, 6.07) is 8.17. The summed E-state index contributed by atoms with van der Waals surface area (Å²) >= 11 is 0. The first kappa shape index (κ1) is 23.3. The number of halogens is 1. The Bertz CT molecular complexity index is 1470. The molecule has 0 radical (unpaired) electrons. The first-order valence-corrected chi connectivity index (χ1v) is 12.2. The summed E-state index contributed by atoms with van der Waals surface area (Å²) in [5, 5.41) is 16.8. The number of carbonyl (C=O) groups is 1. The van der Waals surface area contributed by atoms with E-state index in [0.29, 0.717) is 28.3 Å². The van der Waals surface area contributed by atoms with Crippen LogP contribution in [0.4, 0.5) is 10.1 Å². The third-order valence-electron chi connectivity index (χ3n) is 5.19. The van der Waals surface area contributed by atoms with Crippen LogP contribution < -0.4 is 10.1 Å². The maximum Gasteiger partial charge on any atom is 0.340 e. The van der Waals surface area contributed by atoms with E-state index in [-0.39, 0.29) is 40.5 Å². The molecule has 0 aliphatic carbocycles. The molecule has 0 amide bonds. The highest BCUT2D eigenvalue weighted by Gasteiger charge is 2.24. The molecule has 2 N–H and O–H groups in total. The van der Waals surface area contributed by atoms with Gasteiger partial charge in [0.15, 0.2) is 9.84 Å². The minimum Gasteiger partial charge on any atom is -0.487 e. The van der Waals surface area contributed by atoms with Crippen molar-refractivity contribution in [2.24, 2.45) is 0 Å². The van der Waals surface area contributed by atoms with Crippen molar-refractivity contribution in [3.63, 3.8) is 0 Å². The maximum absolute atomic E-state index is 13.4. The fourth-order valence-corrected chi connectivity index (χ4v) is 3.88. The van der Waals surface area contributed by atoms with E-state index in [4.69, 9.17) is 13.7 Å². The van der Waals surface area contributed by atoms with Gasteiger partial charge in [-0.15, -0.1) is 0 Å². The molecule has 0 spiro atoms. The number of aromatic nitrogens is 1. The van der Waals surface area contributed by atoms with Crippen LogP contribution in [0.5, 0.6) is 5.75 Å². The average molecular weight is 488 g/mol. The number of ether oxygens (including phenoxy) is 1. The van der Waals surface area contributed by atoms with Crippen LogP contribution in [0, 0.1) is 19.7 Å². The molecule has 9 nitrogen and oxygen atoms in total. The van der Waals surface area contributed by atoms with E-state index in [1.807, 2.05) is 0 Å². The monoisotopic (exact) mass is 488 g/mol. The number of carboxylic acids is 1. The van der Waals surface area contributed by atoms with Gasteiger partial charge in [0.05, 0.1) is 16.9 Å². The number of carboxylic acid groups (broad SMARTS) is 1. The van der Waals surface area contributed by atoms with Gasteiger partial charge in [0.1, 0.15) is 46.7 Å². The lowest BCUT2D eigenvalue weighted by Gasteiger charge is -2.13. The zero-order valence-corrected chi connectivity index (χ0v) is 19.3. The highest BCUT2D eigenvalue weighted by atomic mass is 32.2. The van der Waals surface area contributed by atoms with E-state index in [1.165, 1.54) is 36.4 Å². The quantitative estimate of drug-likeness (QED) is 0.367. The molecule has 4 rings (SSSR count). The number of nitrogens with zero attached hydrogens (tertiary/aromatic N) is 1. The molecule has 0 aliphatic heterocycles. The molecule has 2 aromatic heterocycles. The van der Waals surface area contributed by atoms with Gasteiger partial charge >= 0.3 is 5.97 Å². The molecule has 34 heavy (non-hydrogen) atoms. The number of nitrogens with one attached hydrogen (secondary N) is 1. The molecular weight excluding hydrogens is 467 g/mol. The van der Waals surface area contributed by atoms with Crippen molar-refractivity contribution in [3.05, 3.63) is 64.8 Å². The molecule has 0 bridgehead atoms. The van der Waals surface area contributed by atoms with E-state index in [9.17, 15) is 22.7 Å². The second-order valence-corrected chi connectivity index (χ2v) is 9.94. The molecule has 4 aromatic rings. The molecule has 0 saturated carbocycles. The van der Waals surface area contributed by atoms with Gasteiger partial charge in [-0.25, -0.2) is 17.6 Å². The number of hydrogen-bond acceptors (Lipinski definition) is 8. The van der Waals surface area contributed by atoms with Gasteiger partial charge < -0.3 is 24.1 Å². The van der Waals surface area contributed by atoms with E-state index in [1.54, 1.807) is 13.8 Å². The summed E-state index contributed by atoms with van der Waals surface area (Å²) in [6.45, 7) is 3.55. The molecule has 178 valence electrons. The van der Waals surface area contributed by atoms with Crippen LogP contribution >= 0.6 is 0 Å². The van der Waals surface area contributed by atoms with Crippen molar-refractivity contribution in [1.29, 1.82) is 0 Å². The lowest BCUT2D eigenvalue weighted by molar-refractivity contribution is 0.0699. The van der Waals surface area contributed by atoms with Gasteiger partial charge in [0.25, 0.3) is 0 Å². The predicted octanol–water partition coefficient (Wildman–Crippen LogP) is 4.53.